The van der Waals surface area contributed by atoms with Gasteiger partial charge in [0.05, 0.1) is 11.8 Å². The van der Waals surface area contributed by atoms with Gasteiger partial charge in [-0.15, -0.1) is 0 Å². The molecule has 0 aliphatic heterocycles. The Labute approximate surface area is 113 Å². The third-order valence-electron chi connectivity index (χ3n) is 2.91. The third kappa shape index (κ3) is 4.32. The summed E-state index contributed by atoms with van der Waals surface area (Å²) in [5, 5.41) is 9.52. The minimum atomic E-state index is -0.415. The predicted molar refractivity (Wildman–Crippen MR) is 77.5 cm³/mol. The molecule has 0 fully saturated rings. The molecule has 0 spiro atoms. The van der Waals surface area contributed by atoms with Crippen molar-refractivity contribution >= 4 is 21.6 Å². The number of aliphatic hydroxyl groups is 1. The minimum absolute atomic E-state index is 0.415. The van der Waals surface area contributed by atoms with Crippen LogP contribution in [0.2, 0.25) is 0 Å². The van der Waals surface area contributed by atoms with E-state index in [0.717, 1.165) is 16.6 Å². The molecule has 1 aromatic rings. The van der Waals surface area contributed by atoms with Crippen LogP contribution in [0.1, 0.15) is 38.9 Å². The second-order valence-corrected chi connectivity index (χ2v) is 5.85. The first kappa shape index (κ1) is 14.5. The molecule has 1 rings (SSSR count). The van der Waals surface area contributed by atoms with Crippen LogP contribution in [0.15, 0.2) is 22.7 Å². The second-order valence-electron chi connectivity index (χ2n) is 4.99. The maximum absolute atomic E-state index is 9.52. The van der Waals surface area contributed by atoms with Crippen molar-refractivity contribution < 1.29 is 5.11 Å². The molecule has 0 aliphatic carbocycles. The average Bonchev–Trinajstić information content (AvgIpc) is 2.25. The molecular formula is C14H22BrNO. The highest BCUT2D eigenvalue weighted by Crippen LogP contribution is 2.29. The monoisotopic (exact) mass is 299 g/mol. The van der Waals surface area contributed by atoms with Crippen molar-refractivity contribution in [2.45, 2.75) is 33.3 Å². The first-order chi connectivity index (χ1) is 7.91. The zero-order valence-electron chi connectivity index (χ0n) is 11.1. The van der Waals surface area contributed by atoms with Crippen LogP contribution in [-0.2, 0) is 0 Å². The number of rotatable bonds is 5. The smallest absolute Gasteiger partial charge is 0.0762 e. The molecule has 96 valence electrons. The molecule has 0 saturated heterocycles. The molecule has 0 aliphatic rings. The Kier molecular flexibility index (Phi) is 5.47. The Morgan fingerprint density at radius 1 is 1.29 bits per heavy atom. The van der Waals surface area contributed by atoms with E-state index in [-0.39, 0.29) is 0 Å². The molecule has 1 atom stereocenters. The normalized spacial score (nSPS) is 12.9. The molecule has 1 aromatic carbocycles. The fraction of sp³-hybridized carbons (Fsp3) is 0.571. The van der Waals surface area contributed by atoms with Gasteiger partial charge in [0.15, 0.2) is 0 Å². The van der Waals surface area contributed by atoms with E-state index in [2.05, 4.69) is 47.8 Å². The largest absolute Gasteiger partial charge is 0.389 e. The third-order valence-corrected chi connectivity index (χ3v) is 3.54. The van der Waals surface area contributed by atoms with Crippen LogP contribution in [0.4, 0.5) is 5.69 Å². The van der Waals surface area contributed by atoms with Crippen LogP contribution >= 0.6 is 15.9 Å². The van der Waals surface area contributed by atoms with Crippen molar-refractivity contribution in [1.29, 1.82) is 0 Å². The van der Waals surface area contributed by atoms with Gasteiger partial charge in [-0.2, -0.15) is 0 Å². The number of hydrogen-bond acceptors (Lipinski definition) is 2. The highest BCUT2D eigenvalue weighted by molar-refractivity contribution is 9.10. The van der Waals surface area contributed by atoms with Gasteiger partial charge in [-0.05, 0) is 52.9 Å². The highest BCUT2D eigenvalue weighted by atomic mass is 79.9. The summed E-state index contributed by atoms with van der Waals surface area (Å²) in [6, 6.07) is 6.04. The zero-order chi connectivity index (χ0) is 13.0. The van der Waals surface area contributed by atoms with Crippen LogP contribution in [0.25, 0.3) is 0 Å². The van der Waals surface area contributed by atoms with Crippen LogP contribution in [0.5, 0.6) is 0 Å². The van der Waals surface area contributed by atoms with E-state index in [1.165, 1.54) is 12.1 Å². The van der Waals surface area contributed by atoms with E-state index in [1.54, 1.807) is 6.92 Å². The van der Waals surface area contributed by atoms with E-state index in [4.69, 9.17) is 0 Å². The number of benzene rings is 1. The Hall–Kier alpha value is -0.540. The summed E-state index contributed by atoms with van der Waals surface area (Å²) in [5.74, 6) is 0.716. The molecular weight excluding hydrogens is 278 g/mol. The molecule has 0 bridgehead atoms. The zero-order valence-corrected chi connectivity index (χ0v) is 12.7. The summed E-state index contributed by atoms with van der Waals surface area (Å²) < 4.78 is 1.04. The lowest BCUT2D eigenvalue weighted by molar-refractivity contribution is 0.199. The van der Waals surface area contributed by atoms with Gasteiger partial charge in [-0.3, -0.25) is 0 Å². The van der Waals surface area contributed by atoms with Gasteiger partial charge in [-0.1, -0.05) is 19.9 Å². The lowest BCUT2D eigenvalue weighted by atomic mass is 10.1. The van der Waals surface area contributed by atoms with Crippen LogP contribution < -0.4 is 4.90 Å². The van der Waals surface area contributed by atoms with Crippen LogP contribution in [0.3, 0.4) is 0 Å². The molecule has 1 N–H and O–H groups in total. The Morgan fingerprint density at radius 3 is 2.41 bits per heavy atom. The lowest BCUT2D eigenvalue weighted by Crippen LogP contribution is -2.20. The van der Waals surface area contributed by atoms with Crippen molar-refractivity contribution in [1.82, 2.24) is 0 Å². The van der Waals surface area contributed by atoms with Gasteiger partial charge in [0.25, 0.3) is 0 Å². The number of hydrogen-bond donors (Lipinski definition) is 1. The summed E-state index contributed by atoms with van der Waals surface area (Å²) >= 11 is 3.57. The summed E-state index contributed by atoms with van der Waals surface area (Å²) in [5.41, 5.74) is 2.12. The van der Waals surface area contributed by atoms with Crippen LogP contribution in [-0.4, -0.2) is 18.7 Å². The van der Waals surface area contributed by atoms with Gasteiger partial charge < -0.3 is 10.0 Å². The van der Waals surface area contributed by atoms with Gasteiger partial charge >= 0.3 is 0 Å². The fourth-order valence-corrected chi connectivity index (χ4v) is 2.36. The Morgan fingerprint density at radius 2 is 1.94 bits per heavy atom. The highest BCUT2D eigenvalue weighted by Gasteiger charge is 2.09. The summed E-state index contributed by atoms with van der Waals surface area (Å²) in [4.78, 5) is 2.25. The van der Waals surface area contributed by atoms with Crippen molar-refractivity contribution in [2.24, 2.45) is 5.92 Å². The number of halogens is 1. The molecule has 3 heteroatoms. The maximum atomic E-state index is 9.52. The van der Waals surface area contributed by atoms with E-state index < -0.39 is 6.10 Å². The molecule has 0 amide bonds. The minimum Gasteiger partial charge on any atom is -0.389 e. The number of anilines is 1. The van der Waals surface area contributed by atoms with E-state index in [0.29, 0.717) is 5.92 Å². The van der Waals surface area contributed by atoms with Gasteiger partial charge in [0.1, 0.15) is 0 Å². The molecule has 2 nitrogen and oxygen atoms in total. The van der Waals surface area contributed by atoms with Crippen molar-refractivity contribution in [3.8, 4) is 0 Å². The number of nitrogens with zero attached hydrogens (tertiary/aromatic N) is 1. The molecule has 0 radical (unpaired) electrons. The molecule has 0 aromatic heterocycles. The van der Waals surface area contributed by atoms with E-state index >= 15 is 0 Å². The van der Waals surface area contributed by atoms with Gasteiger partial charge in [0.2, 0.25) is 0 Å². The topological polar surface area (TPSA) is 23.5 Å². The van der Waals surface area contributed by atoms with Crippen LogP contribution in [0, 0.1) is 5.92 Å². The molecule has 17 heavy (non-hydrogen) atoms. The first-order valence-corrected chi connectivity index (χ1v) is 6.89. The van der Waals surface area contributed by atoms with Crippen molar-refractivity contribution in [3.63, 3.8) is 0 Å². The first-order valence-electron chi connectivity index (χ1n) is 6.10. The molecule has 0 heterocycles. The summed E-state index contributed by atoms with van der Waals surface area (Å²) in [6.07, 6.45) is 0.766. The maximum Gasteiger partial charge on any atom is 0.0762 e. The van der Waals surface area contributed by atoms with E-state index in [1.807, 2.05) is 12.1 Å². The standard InChI is InChI=1S/C14H22BrNO/c1-10(2)7-8-16(4)14-6-5-12(11(3)17)9-13(14)15/h5-6,9-11,17H,7-8H2,1-4H3. The summed E-state index contributed by atoms with van der Waals surface area (Å²) in [6.45, 7) is 7.30. The predicted octanol–water partition coefficient (Wildman–Crippen LogP) is 3.98. The quantitative estimate of drug-likeness (QED) is 0.889. The molecule has 1 unspecified atom stereocenters. The second kappa shape index (κ2) is 6.41. The Balaban J connectivity index is 2.77. The van der Waals surface area contributed by atoms with Gasteiger partial charge in [0, 0.05) is 18.1 Å². The van der Waals surface area contributed by atoms with Gasteiger partial charge in [-0.25, -0.2) is 0 Å². The lowest BCUT2D eigenvalue weighted by Gasteiger charge is -2.22. The SMILES string of the molecule is CC(C)CCN(C)c1ccc(C(C)O)cc1Br. The van der Waals surface area contributed by atoms with Crippen molar-refractivity contribution in [3.05, 3.63) is 28.2 Å². The van der Waals surface area contributed by atoms with E-state index in [9.17, 15) is 5.11 Å². The average molecular weight is 300 g/mol. The Bertz CT molecular complexity index is 363. The number of aliphatic hydroxyl groups excluding tert-OH is 1. The molecule has 0 saturated carbocycles. The fourth-order valence-electron chi connectivity index (χ4n) is 1.66. The summed E-state index contributed by atoms with van der Waals surface area (Å²) in [7, 11) is 2.10. The van der Waals surface area contributed by atoms with Crippen molar-refractivity contribution in [2.75, 3.05) is 18.5 Å².